The second-order valence-corrected chi connectivity index (χ2v) is 6.72. The lowest BCUT2D eigenvalue weighted by Gasteiger charge is -2.35. The summed E-state index contributed by atoms with van der Waals surface area (Å²) >= 11 is 3.61. The Balaban J connectivity index is 2.27. The Morgan fingerprint density at radius 1 is 1.10 bits per heavy atom. The molecule has 21 heavy (non-hydrogen) atoms. The zero-order valence-electron chi connectivity index (χ0n) is 12.7. The van der Waals surface area contributed by atoms with E-state index in [0.29, 0.717) is 0 Å². The number of halogens is 2. The highest BCUT2D eigenvalue weighted by atomic mass is 79.9. The van der Waals surface area contributed by atoms with Gasteiger partial charge in [0, 0.05) is 15.9 Å². The number of hydrogen-bond acceptors (Lipinski definition) is 1. The predicted octanol–water partition coefficient (Wildman–Crippen LogP) is 4.70. The Morgan fingerprint density at radius 2 is 1.71 bits per heavy atom. The second kappa shape index (κ2) is 6.71. The molecule has 0 radical (unpaired) electrons. The molecule has 3 heteroatoms. The average Bonchev–Trinajstić information content (AvgIpc) is 2.46. The van der Waals surface area contributed by atoms with E-state index in [1.54, 1.807) is 0 Å². The Kier molecular flexibility index (Phi) is 5.17. The van der Waals surface area contributed by atoms with Gasteiger partial charge in [-0.2, -0.15) is 0 Å². The van der Waals surface area contributed by atoms with Gasteiger partial charge in [-0.1, -0.05) is 60.1 Å². The van der Waals surface area contributed by atoms with Crippen molar-refractivity contribution in [2.45, 2.75) is 31.7 Å². The zero-order chi connectivity index (χ0) is 15.5. The Morgan fingerprint density at radius 3 is 2.29 bits per heavy atom. The minimum absolute atomic E-state index is 0.0995. The molecule has 0 aromatic heterocycles. The standard InChI is InChI=1S/C18H21BrFN/c1-18(2,14-8-10-15(20)11-9-14)17(21-3)12-13-6-4-5-7-16(13)19/h4-11,17,21H,12H2,1-3H3. The van der Waals surface area contributed by atoms with Crippen molar-refractivity contribution in [2.75, 3.05) is 7.05 Å². The SMILES string of the molecule is CNC(Cc1ccccc1Br)C(C)(C)c1ccc(F)cc1. The number of hydrogen-bond donors (Lipinski definition) is 1. The van der Waals surface area contributed by atoms with Crippen LogP contribution >= 0.6 is 15.9 Å². The van der Waals surface area contributed by atoms with Crippen molar-refractivity contribution in [3.05, 3.63) is 69.9 Å². The van der Waals surface area contributed by atoms with Gasteiger partial charge in [-0.3, -0.25) is 0 Å². The first-order valence-corrected chi connectivity index (χ1v) is 7.91. The third kappa shape index (κ3) is 3.72. The summed E-state index contributed by atoms with van der Waals surface area (Å²) in [5.74, 6) is -0.193. The van der Waals surface area contributed by atoms with Crippen LogP contribution in [0.1, 0.15) is 25.0 Å². The lowest BCUT2D eigenvalue weighted by molar-refractivity contribution is 0.356. The number of nitrogens with one attached hydrogen (secondary N) is 1. The molecular formula is C18H21BrFN. The van der Waals surface area contributed by atoms with Crippen LogP contribution < -0.4 is 5.32 Å². The molecule has 0 saturated heterocycles. The molecule has 0 saturated carbocycles. The van der Waals surface area contributed by atoms with Gasteiger partial charge in [0.05, 0.1) is 0 Å². The largest absolute Gasteiger partial charge is 0.316 e. The molecule has 0 aliphatic carbocycles. The molecule has 1 atom stereocenters. The minimum atomic E-state index is -0.193. The second-order valence-electron chi connectivity index (χ2n) is 5.87. The van der Waals surface area contributed by atoms with Crippen LogP contribution in [0.2, 0.25) is 0 Å². The predicted molar refractivity (Wildman–Crippen MR) is 90.1 cm³/mol. The normalized spacial score (nSPS) is 13.2. The molecule has 2 rings (SSSR count). The maximum absolute atomic E-state index is 13.1. The Labute approximate surface area is 134 Å². The first-order valence-electron chi connectivity index (χ1n) is 7.12. The molecule has 0 bridgehead atoms. The van der Waals surface area contributed by atoms with E-state index >= 15 is 0 Å². The molecule has 2 aromatic rings. The summed E-state index contributed by atoms with van der Waals surface area (Å²) in [5, 5.41) is 3.42. The van der Waals surface area contributed by atoms with Gasteiger partial charge in [-0.15, -0.1) is 0 Å². The van der Waals surface area contributed by atoms with E-state index in [0.717, 1.165) is 16.5 Å². The molecule has 112 valence electrons. The van der Waals surface area contributed by atoms with Gasteiger partial charge in [0.2, 0.25) is 0 Å². The Bertz CT molecular complexity index is 592. The zero-order valence-corrected chi connectivity index (χ0v) is 14.2. The quantitative estimate of drug-likeness (QED) is 0.825. The van der Waals surface area contributed by atoms with Crippen molar-refractivity contribution < 1.29 is 4.39 Å². The maximum atomic E-state index is 13.1. The fraction of sp³-hybridized carbons (Fsp3) is 0.333. The molecule has 1 unspecified atom stereocenters. The molecule has 0 amide bonds. The summed E-state index contributed by atoms with van der Waals surface area (Å²) in [7, 11) is 1.98. The first-order chi connectivity index (χ1) is 9.95. The van der Waals surface area contributed by atoms with Crippen LogP contribution in [0.25, 0.3) is 0 Å². The average molecular weight is 350 g/mol. The van der Waals surface area contributed by atoms with E-state index in [1.165, 1.54) is 17.7 Å². The van der Waals surface area contributed by atoms with Gasteiger partial charge in [0.15, 0.2) is 0 Å². The molecule has 1 nitrogen and oxygen atoms in total. The Hall–Kier alpha value is -1.19. The molecule has 0 aliphatic rings. The third-order valence-corrected chi connectivity index (χ3v) is 4.96. The van der Waals surface area contributed by atoms with Crippen LogP contribution in [0.3, 0.4) is 0 Å². The number of likely N-dealkylation sites (N-methyl/N-ethyl adjacent to an activating group) is 1. The van der Waals surface area contributed by atoms with Crippen LogP contribution in [0.4, 0.5) is 4.39 Å². The smallest absolute Gasteiger partial charge is 0.123 e. The molecule has 0 heterocycles. The maximum Gasteiger partial charge on any atom is 0.123 e. The van der Waals surface area contributed by atoms with Crippen LogP contribution in [-0.2, 0) is 11.8 Å². The fourth-order valence-corrected chi connectivity index (χ4v) is 3.13. The van der Waals surface area contributed by atoms with E-state index in [-0.39, 0.29) is 17.3 Å². The van der Waals surface area contributed by atoms with Gasteiger partial charge in [0.25, 0.3) is 0 Å². The van der Waals surface area contributed by atoms with Crippen molar-refractivity contribution in [3.63, 3.8) is 0 Å². The van der Waals surface area contributed by atoms with Crippen molar-refractivity contribution in [1.82, 2.24) is 5.32 Å². The summed E-state index contributed by atoms with van der Waals surface area (Å²) < 4.78 is 14.3. The van der Waals surface area contributed by atoms with Crippen molar-refractivity contribution in [1.29, 1.82) is 0 Å². The summed E-state index contributed by atoms with van der Waals surface area (Å²) in [4.78, 5) is 0. The van der Waals surface area contributed by atoms with Gasteiger partial charge in [0.1, 0.15) is 5.82 Å². The minimum Gasteiger partial charge on any atom is -0.316 e. The molecule has 0 fully saturated rings. The fourth-order valence-electron chi connectivity index (χ4n) is 2.68. The van der Waals surface area contributed by atoms with Crippen LogP contribution in [0.5, 0.6) is 0 Å². The molecule has 0 aliphatic heterocycles. The monoisotopic (exact) mass is 349 g/mol. The highest BCUT2D eigenvalue weighted by molar-refractivity contribution is 9.10. The van der Waals surface area contributed by atoms with Gasteiger partial charge >= 0.3 is 0 Å². The van der Waals surface area contributed by atoms with E-state index in [9.17, 15) is 4.39 Å². The lowest BCUT2D eigenvalue weighted by atomic mass is 9.75. The first kappa shape index (κ1) is 16.2. The van der Waals surface area contributed by atoms with Gasteiger partial charge in [-0.25, -0.2) is 4.39 Å². The number of benzene rings is 2. The summed E-state index contributed by atoms with van der Waals surface area (Å²) in [6.45, 7) is 4.39. The van der Waals surface area contributed by atoms with E-state index < -0.39 is 0 Å². The van der Waals surface area contributed by atoms with E-state index in [2.05, 4.69) is 53.3 Å². The van der Waals surface area contributed by atoms with Crippen LogP contribution in [-0.4, -0.2) is 13.1 Å². The molecule has 1 N–H and O–H groups in total. The number of rotatable bonds is 5. The molecular weight excluding hydrogens is 329 g/mol. The van der Waals surface area contributed by atoms with Crippen LogP contribution in [0, 0.1) is 5.82 Å². The third-order valence-electron chi connectivity index (χ3n) is 4.19. The highest BCUT2D eigenvalue weighted by Gasteiger charge is 2.30. The van der Waals surface area contributed by atoms with Gasteiger partial charge < -0.3 is 5.32 Å². The highest BCUT2D eigenvalue weighted by Crippen LogP contribution is 2.30. The lowest BCUT2D eigenvalue weighted by Crippen LogP contribution is -2.44. The summed E-state index contributed by atoms with van der Waals surface area (Å²) in [5.41, 5.74) is 2.31. The molecule has 2 aromatic carbocycles. The van der Waals surface area contributed by atoms with Crippen molar-refractivity contribution in [3.8, 4) is 0 Å². The van der Waals surface area contributed by atoms with E-state index in [4.69, 9.17) is 0 Å². The van der Waals surface area contributed by atoms with Gasteiger partial charge in [-0.05, 0) is 42.8 Å². The molecule has 0 spiro atoms. The van der Waals surface area contributed by atoms with E-state index in [1.807, 2.05) is 25.2 Å². The van der Waals surface area contributed by atoms with Crippen molar-refractivity contribution >= 4 is 15.9 Å². The van der Waals surface area contributed by atoms with Crippen LogP contribution in [0.15, 0.2) is 53.0 Å². The topological polar surface area (TPSA) is 12.0 Å². The summed E-state index contributed by atoms with van der Waals surface area (Å²) in [6, 6.07) is 15.3. The van der Waals surface area contributed by atoms with Crippen molar-refractivity contribution in [2.24, 2.45) is 0 Å². The summed E-state index contributed by atoms with van der Waals surface area (Å²) in [6.07, 6.45) is 0.905.